The van der Waals surface area contributed by atoms with Crippen molar-refractivity contribution >= 4 is 16.7 Å². The van der Waals surface area contributed by atoms with E-state index < -0.39 is 0 Å². The van der Waals surface area contributed by atoms with Gasteiger partial charge in [0.2, 0.25) is 0 Å². The number of pyridine rings is 1. The molecule has 3 rings (SSSR count). The second-order valence-electron chi connectivity index (χ2n) is 4.26. The van der Waals surface area contributed by atoms with Gasteiger partial charge in [-0.3, -0.25) is 14.8 Å². The molecule has 0 atom stereocenters. The molecule has 92 valence electrons. The molecule has 18 heavy (non-hydrogen) atoms. The van der Waals surface area contributed by atoms with Gasteiger partial charge in [-0.25, -0.2) is 0 Å². The molecule has 0 aliphatic carbocycles. The van der Waals surface area contributed by atoms with Crippen LogP contribution < -0.4 is 5.32 Å². The largest absolute Gasteiger partial charge is 0.377 e. The normalized spacial score (nSPS) is 11.0. The minimum Gasteiger partial charge on any atom is -0.377 e. The summed E-state index contributed by atoms with van der Waals surface area (Å²) in [5, 5.41) is 14.7. The lowest BCUT2D eigenvalue weighted by Gasteiger charge is -2.06. The number of nitrogens with one attached hydrogen (secondary N) is 2. The highest BCUT2D eigenvalue weighted by Crippen LogP contribution is 2.20. The molecule has 0 unspecified atom stereocenters. The number of aromatic nitrogens is 5. The molecule has 6 nitrogen and oxygen atoms in total. The molecule has 0 aliphatic heterocycles. The second kappa shape index (κ2) is 4.14. The van der Waals surface area contributed by atoms with Gasteiger partial charge in [-0.1, -0.05) is 0 Å². The maximum atomic E-state index is 4.28. The zero-order valence-corrected chi connectivity index (χ0v) is 10.3. The van der Waals surface area contributed by atoms with Crippen LogP contribution in [-0.2, 0) is 13.6 Å². The van der Waals surface area contributed by atoms with Crippen LogP contribution in [0.1, 0.15) is 11.4 Å². The smallest absolute Gasteiger partial charge is 0.110 e. The van der Waals surface area contributed by atoms with Crippen LogP contribution in [-0.4, -0.2) is 25.0 Å². The number of hydrogen-bond acceptors (Lipinski definition) is 4. The Morgan fingerprint density at radius 3 is 3.11 bits per heavy atom. The fraction of sp³-hybridized carbons (Fsp3) is 0.250. The molecule has 3 aromatic heterocycles. The zero-order chi connectivity index (χ0) is 12.5. The van der Waals surface area contributed by atoms with Crippen molar-refractivity contribution in [3.05, 3.63) is 35.9 Å². The van der Waals surface area contributed by atoms with Crippen LogP contribution in [0.25, 0.3) is 11.0 Å². The molecule has 0 fully saturated rings. The Morgan fingerprint density at radius 1 is 1.44 bits per heavy atom. The Kier molecular flexibility index (Phi) is 2.47. The van der Waals surface area contributed by atoms with E-state index in [9.17, 15) is 0 Å². The van der Waals surface area contributed by atoms with Crippen LogP contribution in [0.15, 0.2) is 24.5 Å². The van der Waals surface area contributed by atoms with Gasteiger partial charge >= 0.3 is 0 Å². The van der Waals surface area contributed by atoms with Gasteiger partial charge in [0.25, 0.3) is 0 Å². The number of aryl methyl sites for hydroxylation is 2. The summed E-state index contributed by atoms with van der Waals surface area (Å²) >= 11 is 0. The molecule has 0 aliphatic rings. The standard InChI is InChI=1S/C12H14N6/c1-8-5-9(17-16-8)6-14-10-3-4-13-11-7-15-18(2)12(10)11/h3-5,7H,6H2,1-2H3,(H,13,14)(H,16,17). The predicted octanol–water partition coefficient (Wildman–Crippen LogP) is 1.61. The molecule has 3 aromatic rings. The SMILES string of the molecule is Cc1cc(CNc2ccnc3cnn(C)c23)n[nH]1. The molecule has 0 saturated heterocycles. The van der Waals surface area contributed by atoms with Crippen LogP contribution in [0.2, 0.25) is 0 Å². The van der Waals surface area contributed by atoms with E-state index in [0.717, 1.165) is 28.1 Å². The summed E-state index contributed by atoms with van der Waals surface area (Å²) in [5.74, 6) is 0. The van der Waals surface area contributed by atoms with Gasteiger partial charge in [0, 0.05) is 18.9 Å². The first-order valence-electron chi connectivity index (χ1n) is 5.75. The van der Waals surface area contributed by atoms with E-state index in [-0.39, 0.29) is 0 Å². The van der Waals surface area contributed by atoms with E-state index >= 15 is 0 Å². The van der Waals surface area contributed by atoms with Crippen molar-refractivity contribution in [2.24, 2.45) is 7.05 Å². The van der Waals surface area contributed by atoms with E-state index in [1.165, 1.54) is 0 Å². The molecule has 2 N–H and O–H groups in total. The number of H-pyrrole nitrogens is 1. The lowest BCUT2D eigenvalue weighted by atomic mass is 10.3. The predicted molar refractivity (Wildman–Crippen MR) is 69.2 cm³/mol. The fourth-order valence-corrected chi connectivity index (χ4v) is 2.00. The average Bonchev–Trinajstić information content (AvgIpc) is 2.94. The van der Waals surface area contributed by atoms with Crippen LogP contribution in [0, 0.1) is 6.92 Å². The summed E-state index contributed by atoms with van der Waals surface area (Å²) in [7, 11) is 1.91. The van der Waals surface area contributed by atoms with E-state index in [1.54, 1.807) is 12.4 Å². The summed E-state index contributed by atoms with van der Waals surface area (Å²) in [4.78, 5) is 4.28. The first kappa shape index (κ1) is 10.8. The van der Waals surface area contributed by atoms with Crippen molar-refractivity contribution in [1.82, 2.24) is 25.0 Å². The summed E-state index contributed by atoms with van der Waals surface area (Å²) < 4.78 is 1.82. The lowest BCUT2D eigenvalue weighted by molar-refractivity contribution is 0.797. The maximum absolute atomic E-state index is 4.28. The molecule has 0 aromatic carbocycles. The van der Waals surface area contributed by atoms with Gasteiger partial charge in [0.05, 0.1) is 24.1 Å². The highest BCUT2D eigenvalue weighted by molar-refractivity contribution is 5.87. The number of aromatic amines is 1. The van der Waals surface area contributed by atoms with Gasteiger partial charge in [-0.05, 0) is 19.1 Å². The first-order chi connectivity index (χ1) is 8.74. The molecular formula is C12H14N6. The molecule has 0 amide bonds. The van der Waals surface area contributed by atoms with E-state index in [1.807, 2.05) is 30.8 Å². The summed E-state index contributed by atoms with van der Waals surface area (Å²) in [6.07, 6.45) is 3.54. The molecule has 6 heteroatoms. The van der Waals surface area contributed by atoms with E-state index in [2.05, 4.69) is 25.6 Å². The van der Waals surface area contributed by atoms with Gasteiger partial charge in [0.15, 0.2) is 0 Å². The van der Waals surface area contributed by atoms with Crippen molar-refractivity contribution in [2.45, 2.75) is 13.5 Å². The Bertz CT molecular complexity index is 681. The van der Waals surface area contributed by atoms with Crippen molar-refractivity contribution < 1.29 is 0 Å². The summed E-state index contributed by atoms with van der Waals surface area (Å²) in [6, 6.07) is 3.97. The number of rotatable bonds is 3. The number of nitrogens with zero attached hydrogens (tertiary/aromatic N) is 4. The Morgan fingerprint density at radius 2 is 2.33 bits per heavy atom. The second-order valence-corrected chi connectivity index (χ2v) is 4.26. The van der Waals surface area contributed by atoms with Gasteiger partial charge in [0.1, 0.15) is 11.0 Å². The molecule has 0 bridgehead atoms. The van der Waals surface area contributed by atoms with Crippen molar-refractivity contribution in [1.29, 1.82) is 0 Å². The van der Waals surface area contributed by atoms with Gasteiger partial charge < -0.3 is 5.32 Å². The summed E-state index contributed by atoms with van der Waals surface area (Å²) in [5.41, 5.74) is 4.96. The Labute approximate surface area is 104 Å². The Hall–Kier alpha value is -2.37. The van der Waals surface area contributed by atoms with Crippen LogP contribution >= 0.6 is 0 Å². The number of anilines is 1. The third-order valence-corrected chi connectivity index (χ3v) is 2.85. The molecular weight excluding hydrogens is 228 g/mol. The van der Waals surface area contributed by atoms with Gasteiger partial charge in [-0.15, -0.1) is 0 Å². The van der Waals surface area contributed by atoms with E-state index in [4.69, 9.17) is 0 Å². The number of hydrogen-bond donors (Lipinski definition) is 2. The highest BCUT2D eigenvalue weighted by Gasteiger charge is 2.06. The fourth-order valence-electron chi connectivity index (χ4n) is 2.00. The van der Waals surface area contributed by atoms with Crippen molar-refractivity contribution in [3.63, 3.8) is 0 Å². The number of fused-ring (bicyclic) bond motifs is 1. The van der Waals surface area contributed by atoms with Crippen LogP contribution in [0.5, 0.6) is 0 Å². The van der Waals surface area contributed by atoms with Crippen LogP contribution in [0.4, 0.5) is 5.69 Å². The highest BCUT2D eigenvalue weighted by atomic mass is 15.3. The quantitative estimate of drug-likeness (QED) is 0.732. The monoisotopic (exact) mass is 242 g/mol. The van der Waals surface area contributed by atoms with Crippen molar-refractivity contribution in [3.8, 4) is 0 Å². The van der Waals surface area contributed by atoms with Gasteiger partial charge in [-0.2, -0.15) is 10.2 Å². The average molecular weight is 242 g/mol. The minimum atomic E-state index is 0.675. The molecule has 0 saturated carbocycles. The maximum Gasteiger partial charge on any atom is 0.110 e. The molecule has 3 heterocycles. The topological polar surface area (TPSA) is 71.4 Å². The minimum absolute atomic E-state index is 0.675. The third-order valence-electron chi connectivity index (χ3n) is 2.85. The van der Waals surface area contributed by atoms with Crippen molar-refractivity contribution in [2.75, 3.05) is 5.32 Å². The first-order valence-corrected chi connectivity index (χ1v) is 5.75. The molecule has 0 radical (unpaired) electrons. The lowest BCUT2D eigenvalue weighted by Crippen LogP contribution is -2.02. The zero-order valence-electron chi connectivity index (χ0n) is 10.3. The summed E-state index contributed by atoms with van der Waals surface area (Å²) in [6.45, 7) is 2.66. The van der Waals surface area contributed by atoms with Crippen LogP contribution in [0.3, 0.4) is 0 Å². The third kappa shape index (κ3) is 1.81. The molecule has 0 spiro atoms. The Balaban J connectivity index is 1.88. The van der Waals surface area contributed by atoms with E-state index in [0.29, 0.717) is 6.54 Å².